The van der Waals surface area contributed by atoms with E-state index in [1.54, 1.807) is 29.9 Å². The van der Waals surface area contributed by atoms with Crippen molar-refractivity contribution in [3.05, 3.63) is 30.2 Å². The summed E-state index contributed by atoms with van der Waals surface area (Å²) in [6.45, 7) is 1.56. The number of fused-ring (bicyclic) bond motifs is 1. The molecule has 4 heteroatoms. The van der Waals surface area contributed by atoms with E-state index in [0.717, 1.165) is 11.2 Å². The maximum Gasteiger partial charge on any atom is 0.158 e. The van der Waals surface area contributed by atoms with Crippen LogP contribution in [0.5, 0.6) is 0 Å². The smallest absolute Gasteiger partial charge is 0.158 e. The van der Waals surface area contributed by atoms with E-state index < -0.39 is 0 Å². The standard InChI is InChI=1S/C9H9N3O/c1-7(13)5-8-6-11-12-4-2-3-10-9(8)12/h2-4,6H,5H2,1H3. The third-order valence-electron chi connectivity index (χ3n) is 1.79. The molecule has 2 aromatic heterocycles. The van der Waals surface area contributed by atoms with Gasteiger partial charge in [-0.15, -0.1) is 0 Å². The SMILES string of the molecule is CC(=O)Cc1cnn2cccnc12. The van der Waals surface area contributed by atoms with Gasteiger partial charge in [0.1, 0.15) is 5.78 Å². The zero-order chi connectivity index (χ0) is 9.26. The maximum absolute atomic E-state index is 10.9. The molecule has 66 valence electrons. The summed E-state index contributed by atoms with van der Waals surface area (Å²) >= 11 is 0. The Kier molecular flexibility index (Phi) is 1.81. The van der Waals surface area contributed by atoms with Gasteiger partial charge >= 0.3 is 0 Å². The van der Waals surface area contributed by atoms with Crippen molar-refractivity contribution in [2.45, 2.75) is 13.3 Å². The van der Waals surface area contributed by atoms with E-state index in [9.17, 15) is 4.79 Å². The first kappa shape index (κ1) is 7.91. The lowest BCUT2D eigenvalue weighted by molar-refractivity contribution is -0.116. The van der Waals surface area contributed by atoms with Crippen molar-refractivity contribution < 1.29 is 4.79 Å². The molecule has 0 saturated carbocycles. The summed E-state index contributed by atoms with van der Waals surface area (Å²) in [5.41, 5.74) is 1.64. The lowest BCUT2D eigenvalue weighted by Gasteiger charge is -1.93. The second-order valence-electron chi connectivity index (χ2n) is 2.94. The van der Waals surface area contributed by atoms with E-state index in [1.165, 1.54) is 0 Å². The number of carbonyl (C=O) groups is 1. The summed E-state index contributed by atoms with van der Waals surface area (Å²) in [6, 6.07) is 1.80. The van der Waals surface area contributed by atoms with Gasteiger partial charge in [-0.1, -0.05) is 0 Å². The van der Waals surface area contributed by atoms with Crippen LogP contribution in [0.3, 0.4) is 0 Å². The molecule has 13 heavy (non-hydrogen) atoms. The zero-order valence-corrected chi connectivity index (χ0v) is 7.27. The lowest BCUT2D eigenvalue weighted by Crippen LogP contribution is -1.96. The van der Waals surface area contributed by atoms with Crippen LogP contribution in [0.25, 0.3) is 5.65 Å². The van der Waals surface area contributed by atoms with Crippen LogP contribution >= 0.6 is 0 Å². The van der Waals surface area contributed by atoms with Crippen LogP contribution in [0.1, 0.15) is 12.5 Å². The first-order valence-electron chi connectivity index (χ1n) is 4.04. The molecule has 0 atom stereocenters. The molecule has 0 aromatic carbocycles. The Hall–Kier alpha value is -1.71. The minimum Gasteiger partial charge on any atom is -0.300 e. The molecule has 0 bridgehead atoms. The molecule has 0 unspecified atom stereocenters. The van der Waals surface area contributed by atoms with Gasteiger partial charge in [0.25, 0.3) is 0 Å². The number of Topliss-reactive ketones (excluding diaryl/α,β-unsaturated/α-hetero) is 1. The van der Waals surface area contributed by atoms with Gasteiger partial charge in [0.2, 0.25) is 0 Å². The van der Waals surface area contributed by atoms with Gasteiger partial charge in [0.15, 0.2) is 5.65 Å². The Morgan fingerprint density at radius 1 is 1.62 bits per heavy atom. The number of hydrogen-bond acceptors (Lipinski definition) is 3. The normalized spacial score (nSPS) is 10.5. The Bertz CT molecular complexity index is 447. The molecule has 0 aliphatic rings. The maximum atomic E-state index is 10.9. The number of rotatable bonds is 2. The third-order valence-corrected chi connectivity index (χ3v) is 1.79. The van der Waals surface area contributed by atoms with Crippen molar-refractivity contribution >= 4 is 11.4 Å². The van der Waals surface area contributed by atoms with Crippen molar-refractivity contribution in [3.63, 3.8) is 0 Å². The lowest BCUT2D eigenvalue weighted by atomic mass is 10.2. The summed E-state index contributed by atoms with van der Waals surface area (Å²) in [4.78, 5) is 15.0. The second kappa shape index (κ2) is 2.97. The molecule has 0 aliphatic carbocycles. The third kappa shape index (κ3) is 1.42. The number of aromatic nitrogens is 3. The molecule has 0 fully saturated rings. The fourth-order valence-corrected chi connectivity index (χ4v) is 1.27. The van der Waals surface area contributed by atoms with Crippen molar-refractivity contribution in [3.8, 4) is 0 Å². The summed E-state index contributed by atoms with van der Waals surface area (Å²) < 4.78 is 1.66. The van der Waals surface area contributed by atoms with Gasteiger partial charge in [-0.3, -0.25) is 4.79 Å². The summed E-state index contributed by atoms with van der Waals surface area (Å²) in [5, 5.41) is 4.07. The van der Waals surface area contributed by atoms with Crippen LogP contribution in [0.2, 0.25) is 0 Å². The van der Waals surface area contributed by atoms with E-state index in [4.69, 9.17) is 0 Å². The van der Waals surface area contributed by atoms with E-state index in [2.05, 4.69) is 10.1 Å². The number of nitrogens with zero attached hydrogens (tertiary/aromatic N) is 3. The van der Waals surface area contributed by atoms with Crippen molar-refractivity contribution in [2.24, 2.45) is 0 Å². The minimum atomic E-state index is 0.126. The van der Waals surface area contributed by atoms with Crippen molar-refractivity contribution in [1.29, 1.82) is 0 Å². The molecule has 2 aromatic rings. The summed E-state index contributed by atoms with van der Waals surface area (Å²) in [7, 11) is 0. The predicted molar refractivity (Wildman–Crippen MR) is 47.4 cm³/mol. The molecule has 0 N–H and O–H groups in total. The first-order chi connectivity index (χ1) is 6.27. The molecule has 0 radical (unpaired) electrons. The minimum absolute atomic E-state index is 0.126. The van der Waals surface area contributed by atoms with Gasteiger partial charge in [-0.05, 0) is 13.0 Å². The Morgan fingerprint density at radius 3 is 3.23 bits per heavy atom. The zero-order valence-electron chi connectivity index (χ0n) is 7.27. The quantitative estimate of drug-likeness (QED) is 0.680. The molecule has 0 spiro atoms. The highest BCUT2D eigenvalue weighted by Crippen LogP contribution is 2.07. The van der Waals surface area contributed by atoms with Crippen LogP contribution in [-0.4, -0.2) is 20.4 Å². The van der Waals surface area contributed by atoms with E-state index in [0.29, 0.717) is 6.42 Å². The summed E-state index contributed by atoms with van der Waals surface area (Å²) in [5.74, 6) is 0.126. The van der Waals surface area contributed by atoms with E-state index in [-0.39, 0.29) is 5.78 Å². The van der Waals surface area contributed by atoms with Crippen LogP contribution in [-0.2, 0) is 11.2 Å². The highest BCUT2D eigenvalue weighted by molar-refractivity contribution is 5.79. The number of carbonyl (C=O) groups excluding carboxylic acids is 1. The predicted octanol–water partition coefficient (Wildman–Crippen LogP) is 0.861. The van der Waals surface area contributed by atoms with Crippen LogP contribution in [0, 0.1) is 0 Å². The molecule has 2 rings (SSSR count). The average Bonchev–Trinajstić information content (AvgIpc) is 2.48. The fraction of sp³-hybridized carbons (Fsp3) is 0.222. The first-order valence-corrected chi connectivity index (χ1v) is 4.04. The van der Waals surface area contributed by atoms with Crippen molar-refractivity contribution in [2.75, 3.05) is 0 Å². The van der Waals surface area contributed by atoms with Crippen LogP contribution in [0.15, 0.2) is 24.7 Å². The monoisotopic (exact) mass is 175 g/mol. The largest absolute Gasteiger partial charge is 0.300 e. The molecule has 0 saturated heterocycles. The van der Waals surface area contributed by atoms with Gasteiger partial charge in [0.05, 0.1) is 6.20 Å². The Morgan fingerprint density at radius 2 is 2.46 bits per heavy atom. The number of ketones is 1. The van der Waals surface area contributed by atoms with Gasteiger partial charge in [-0.25, -0.2) is 9.50 Å². The van der Waals surface area contributed by atoms with E-state index >= 15 is 0 Å². The highest BCUT2D eigenvalue weighted by atomic mass is 16.1. The molecular weight excluding hydrogens is 166 g/mol. The average molecular weight is 175 g/mol. The van der Waals surface area contributed by atoms with Gasteiger partial charge in [-0.2, -0.15) is 5.10 Å². The molecule has 4 nitrogen and oxygen atoms in total. The molecular formula is C9H9N3O. The van der Waals surface area contributed by atoms with Gasteiger partial charge in [0, 0.05) is 24.4 Å². The molecule has 0 aliphatic heterocycles. The fourth-order valence-electron chi connectivity index (χ4n) is 1.27. The van der Waals surface area contributed by atoms with E-state index in [1.807, 2.05) is 6.20 Å². The molecule has 2 heterocycles. The number of hydrogen-bond donors (Lipinski definition) is 0. The summed E-state index contributed by atoms with van der Waals surface area (Å²) in [6.07, 6.45) is 5.59. The molecule has 0 amide bonds. The second-order valence-corrected chi connectivity index (χ2v) is 2.94. The van der Waals surface area contributed by atoms with Gasteiger partial charge < -0.3 is 0 Å². The Labute approximate surface area is 75.2 Å². The van der Waals surface area contributed by atoms with Crippen molar-refractivity contribution in [1.82, 2.24) is 14.6 Å². The van der Waals surface area contributed by atoms with Crippen LogP contribution < -0.4 is 0 Å². The van der Waals surface area contributed by atoms with Crippen LogP contribution in [0.4, 0.5) is 0 Å². The Balaban J connectivity index is 2.51. The topological polar surface area (TPSA) is 47.3 Å². The highest BCUT2D eigenvalue weighted by Gasteiger charge is 2.05.